The van der Waals surface area contributed by atoms with E-state index in [1.807, 2.05) is 54.9 Å². The number of methoxy groups -OCH3 is 2. The maximum absolute atomic E-state index is 6.06. The van der Waals surface area contributed by atoms with Gasteiger partial charge >= 0.3 is 0 Å². The fourth-order valence-electron chi connectivity index (χ4n) is 3.05. The van der Waals surface area contributed by atoms with Crippen LogP contribution >= 0.6 is 11.6 Å². The third-order valence-electron chi connectivity index (χ3n) is 4.41. The molecule has 0 radical (unpaired) electrons. The summed E-state index contributed by atoms with van der Waals surface area (Å²) in [5, 5.41) is 3.95. The van der Waals surface area contributed by atoms with Crippen LogP contribution in [0, 0.1) is 0 Å². The highest BCUT2D eigenvalue weighted by Crippen LogP contribution is 2.28. The lowest BCUT2D eigenvalue weighted by Crippen LogP contribution is -2.00. The van der Waals surface area contributed by atoms with Crippen molar-refractivity contribution in [3.05, 3.63) is 71.6 Å². The molecule has 2 aromatic heterocycles. The Balaban J connectivity index is 1.63. The van der Waals surface area contributed by atoms with E-state index in [1.165, 1.54) is 0 Å². The zero-order valence-electron chi connectivity index (χ0n) is 15.5. The molecule has 0 spiro atoms. The van der Waals surface area contributed by atoms with Gasteiger partial charge in [-0.15, -0.1) is 0 Å². The fourth-order valence-corrected chi connectivity index (χ4v) is 3.24. The van der Waals surface area contributed by atoms with Crippen molar-refractivity contribution in [1.82, 2.24) is 14.5 Å². The Labute approximate surface area is 167 Å². The summed E-state index contributed by atoms with van der Waals surface area (Å²) in [6.07, 6.45) is 3.57. The predicted octanol–water partition coefficient (Wildman–Crippen LogP) is 4.89. The Morgan fingerprint density at radius 1 is 1.00 bits per heavy atom. The third kappa shape index (κ3) is 3.73. The Hall–Kier alpha value is -3.25. The van der Waals surface area contributed by atoms with Crippen LogP contribution in [-0.2, 0) is 6.54 Å². The summed E-state index contributed by atoms with van der Waals surface area (Å²) in [6, 6.07) is 15.4. The lowest BCUT2D eigenvalue weighted by molar-refractivity contribution is 0.354. The first-order valence-corrected chi connectivity index (χ1v) is 9.08. The van der Waals surface area contributed by atoms with Crippen LogP contribution in [0.15, 0.2) is 61.1 Å². The van der Waals surface area contributed by atoms with Gasteiger partial charge in [-0.3, -0.25) is 0 Å². The molecule has 0 aliphatic rings. The molecule has 1 N–H and O–H groups in total. The van der Waals surface area contributed by atoms with Crippen molar-refractivity contribution in [3.63, 3.8) is 0 Å². The molecule has 0 unspecified atom stereocenters. The quantitative estimate of drug-likeness (QED) is 0.504. The number of aromatic nitrogens is 3. The van der Waals surface area contributed by atoms with E-state index >= 15 is 0 Å². The minimum absolute atomic E-state index is 0.650. The van der Waals surface area contributed by atoms with E-state index in [2.05, 4.69) is 19.9 Å². The number of nitrogens with zero attached hydrogens (tertiary/aromatic N) is 3. The van der Waals surface area contributed by atoms with Crippen LogP contribution in [0.4, 0.5) is 11.5 Å². The van der Waals surface area contributed by atoms with Crippen molar-refractivity contribution in [1.29, 1.82) is 0 Å². The minimum Gasteiger partial charge on any atom is -0.493 e. The van der Waals surface area contributed by atoms with Crippen molar-refractivity contribution in [2.75, 3.05) is 19.5 Å². The molecule has 142 valence electrons. The summed E-state index contributed by atoms with van der Waals surface area (Å²) in [5.41, 5.74) is 3.77. The summed E-state index contributed by atoms with van der Waals surface area (Å²) in [6.45, 7) is 0.650. The number of imidazole rings is 1. The van der Waals surface area contributed by atoms with Gasteiger partial charge in [0, 0.05) is 23.3 Å². The van der Waals surface area contributed by atoms with E-state index in [0.717, 1.165) is 28.1 Å². The van der Waals surface area contributed by atoms with Gasteiger partial charge in [-0.2, -0.15) is 0 Å². The number of hydrogen-bond acceptors (Lipinski definition) is 5. The Kier molecular flexibility index (Phi) is 5.04. The normalized spacial score (nSPS) is 10.8. The highest BCUT2D eigenvalue weighted by Gasteiger charge is 2.09. The molecular formula is C21H19ClN4O2. The third-order valence-corrected chi connectivity index (χ3v) is 4.64. The fraction of sp³-hybridized carbons (Fsp3) is 0.143. The number of ether oxygens (including phenoxy) is 2. The van der Waals surface area contributed by atoms with Crippen LogP contribution in [0.2, 0.25) is 5.02 Å². The van der Waals surface area contributed by atoms with Gasteiger partial charge in [0.15, 0.2) is 11.5 Å². The van der Waals surface area contributed by atoms with Gasteiger partial charge in [0.25, 0.3) is 0 Å². The summed E-state index contributed by atoms with van der Waals surface area (Å²) in [5.74, 6) is 2.14. The van der Waals surface area contributed by atoms with Gasteiger partial charge in [0.2, 0.25) is 0 Å². The van der Waals surface area contributed by atoms with Gasteiger partial charge in [0.1, 0.15) is 11.3 Å². The van der Waals surface area contributed by atoms with E-state index in [9.17, 15) is 0 Å². The zero-order valence-corrected chi connectivity index (χ0v) is 16.3. The van der Waals surface area contributed by atoms with Crippen molar-refractivity contribution in [3.8, 4) is 11.5 Å². The molecule has 4 aromatic rings. The van der Waals surface area contributed by atoms with E-state index < -0.39 is 0 Å². The molecule has 0 saturated heterocycles. The Morgan fingerprint density at radius 3 is 2.64 bits per heavy atom. The number of anilines is 2. The van der Waals surface area contributed by atoms with Crippen molar-refractivity contribution in [2.24, 2.45) is 0 Å². The molecule has 0 amide bonds. The lowest BCUT2D eigenvalue weighted by atomic mass is 10.2. The number of halogens is 1. The van der Waals surface area contributed by atoms with Gasteiger partial charge in [-0.25, -0.2) is 9.97 Å². The molecule has 0 aliphatic carbocycles. The smallest absolute Gasteiger partial charge is 0.161 e. The molecule has 0 fully saturated rings. The van der Waals surface area contributed by atoms with Crippen LogP contribution in [0.1, 0.15) is 5.56 Å². The first kappa shape index (κ1) is 18.1. The molecule has 28 heavy (non-hydrogen) atoms. The first-order valence-electron chi connectivity index (χ1n) is 8.70. The highest BCUT2D eigenvalue weighted by molar-refractivity contribution is 6.30. The molecule has 7 heteroatoms. The topological polar surface area (TPSA) is 61.2 Å². The molecule has 0 aliphatic heterocycles. The number of benzene rings is 2. The average Bonchev–Trinajstić information content (AvgIpc) is 3.10. The second-order valence-corrected chi connectivity index (χ2v) is 6.69. The second kappa shape index (κ2) is 7.78. The number of hydrogen-bond donors (Lipinski definition) is 1. The SMILES string of the molecule is COc1ccc(Cn2cnc3cnc(Nc4cccc(Cl)c4)cc32)cc1OC. The largest absolute Gasteiger partial charge is 0.493 e. The van der Waals surface area contributed by atoms with Crippen LogP contribution in [-0.4, -0.2) is 28.8 Å². The predicted molar refractivity (Wildman–Crippen MR) is 111 cm³/mol. The summed E-state index contributed by atoms with van der Waals surface area (Å²) in [7, 11) is 3.26. The maximum atomic E-state index is 6.06. The molecule has 2 heterocycles. The molecule has 4 rings (SSSR count). The molecule has 2 aromatic carbocycles. The van der Waals surface area contributed by atoms with Crippen LogP contribution < -0.4 is 14.8 Å². The monoisotopic (exact) mass is 394 g/mol. The zero-order chi connectivity index (χ0) is 19.5. The molecule has 0 atom stereocenters. The standard InChI is InChI=1S/C21H19ClN4O2/c1-27-19-7-6-14(8-20(19)28-2)12-26-13-24-17-11-23-21(10-18(17)26)25-16-5-3-4-15(22)9-16/h3-11,13H,12H2,1-2H3,(H,23,25). The molecule has 6 nitrogen and oxygen atoms in total. The Morgan fingerprint density at radius 2 is 1.86 bits per heavy atom. The highest BCUT2D eigenvalue weighted by atomic mass is 35.5. The number of fused-ring (bicyclic) bond motifs is 1. The van der Waals surface area contributed by atoms with Gasteiger partial charge in [0.05, 0.1) is 32.3 Å². The van der Waals surface area contributed by atoms with Gasteiger partial charge in [-0.1, -0.05) is 23.7 Å². The maximum Gasteiger partial charge on any atom is 0.161 e. The first-order chi connectivity index (χ1) is 13.7. The Bertz CT molecular complexity index is 1130. The van der Waals surface area contributed by atoms with E-state index in [0.29, 0.717) is 23.1 Å². The molecule has 0 bridgehead atoms. The van der Waals surface area contributed by atoms with Crippen molar-refractivity contribution in [2.45, 2.75) is 6.54 Å². The second-order valence-electron chi connectivity index (χ2n) is 6.26. The number of rotatable bonds is 6. The van der Waals surface area contributed by atoms with Crippen LogP contribution in [0.3, 0.4) is 0 Å². The van der Waals surface area contributed by atoms with Crippen LogP contribution in [0.25, 0.3) is 11.0 Å². The lowest BCUT2D eigenvalue weighted by Gasteiger charge is -2.11. The summed E-state index contributed by atoms with van der Waals surface area (Å²) >= 11 is 6.06. The van der Waals surface area contributed by atoms with Crippen molar-refractivity contribution < 1.29 is 9.47 Å². The summed E-state index contributed by atoms with van der Waals surface area (Å²) < 4.78 is 12.8. The van der Waals surface area contributed by atoms with Crippen LogP contribution in [0.5, 0.6) is 11.5 Å². The van der Waals surface area contributed by atoms with Gasteiger partial charge in [-0.05, 0) is 35.9 Å². The summed E-state index contributed by atoms with van der Waals surface area (Å²) in [4.78, 5) is 8.88. The average molecular weight is 395 g/mol. The van der Waals surface area contributed by atoms with Gasteiger partial charge < -0.3 is 19.4 Å². The minimum atomic E-state index is 0.650. The van der Waals surface area contributed by atoms with Crippen molar-refractivity contribution >= 4 is 34.1 Å². The van der Waals surface area contributed by atoms with E-state index in [4.69, 9.17) is 21.1 Å². The van der Waals surface area contributed by atoms with E-state index in [-0.39, 0.29) is 0 Å². The number of nitrogens with one attached hydrogen (secondary N) is 1. The number of pyridine rings is 1. The molecule has 0 saturated carbocycles. The molecular weight excluding hydrogens is 376 g/mol. The van der Waals surface area contributed by atoms with E-state index in [1.54, 1.807) is 20.4 Å².